The standard InChI is InChI=1S/C15H23N/c1-5-8-9-10-12-14(4)15(11-6-2)13-16-7-3/h5,8-14H,1,6-7H2,2-4H3/b9-8-,12-10-,15-11+,16-13?. The molecule has 0 fully saturated rings. The van der Waals surface area contributed by atoms with E-state index in [0.717, 1.165) is 13.0 Å². The van der Waals surface area contributed by atoms with Gasteiger partial charge in [-0.1, -0.05) is 56.9 Å². The van der Waals surface area contributed by atoms with Crippen LogP contribution in [-0.4, -0.2) is 12.8 Å². The van der Waals surface area contributed by atoms with Gasteiger partial charge in [0.15, 0.2) is 0 Å². The quantitative estimate of drug-likeness (QED) is 0.444. The Bertz CT molecular complexity index is 293. The Morgan fingerprint density at radius 2 is 2.00 bits per heavy atom. The SMILES string of the molecule is C=C/C=C\C=C/C(C)/C(C=NCC)=C/CC. The lowest BCUT2D eigenvalue weighted by atomic mass is 10.0. The lowest BCUT2D eigenvalue weighted by Gasteiger charge is -2.06. The van der Waals surface area contributed by atoms with Gasteiger partial charge in [-0.15, -0.1) is 0 Å². The van der Waals surface area contributed by atoms with Gasteiger partial charge in [-0.05, 0) is 18.9 Å². The van der Waals surface area contributed by atoms with Crippen LogP contribution in [-0.2, 0) is 0 Å². The molecule has 16 heavy (non-hydrogen) atoms. The second-order valence-corrected chi connectivity index (χ2v) is 3.53. The second-order valence-electron chi connectivity index (χ2n) is 3.53. The van der Waals surface area contributed by atoms with Crippen molar-refractivity contribution in [2.24, 2.45) is 10.9 Å². The molecule has 0 saturated carbocycles. The summed E-state index contributed by atoms with van der Waals surface area (Å²) in [5.41, 5.74) is 1.28. The smallest absolute Gasteiger partial charge is 0.0361 e. The highest BCUT2D eigenvalue weighted by atomic mass is 14.7. The van der Waals surface area contributed by atoms with Crippen LogP contribution in [0.5, 0.6) is 0 Å². The van der Waals surface area contributed by atoms with Crippen LogP contribution in [0, 0.1) is 5.92 Å². The van der Waals surface area contributed by atoms with E-state index in [9.17, 15) is 0 Å². The van der Waals surface area contributed by atoms with Crippen molar-refractivity contribution < 1.29 is 0 Å². The van der Waals surface area contributed by atoms with Crippen LogP contribution < -0.4 is 0 Å². The lowest BCUT2D eigenvalue weighted by molar-refractivity contribution is 0.897. The molecule has 0 bridgehead atoms. The largest absolute Gasteiger partial charge is 0.293 e. The predicted molar refractivity (Wildman–Crippen MR) is 75.0 cm³/mol. The highest BCUT2D eigenvalue weighted by molar-refractivity contribution is 5.79. The van der Waals surface area contributed by atoms with Gasteiger partial charge in [0.05, 0.1) is 0 Å². The minimum Gasteiger partial charge on any atom is -0.293 e. The van der Waals surface area contributed by atoms with Crippen molar-refractivity contribution in [3.05, 3.63) is 48.6 Å². The summed E-state index contributed by atoms with van der Waals surface area (Å²) < 4.78 is 0. The van der Waals surface area contributed by atoms with Crippen molar-refractivity contribution in [3.8, 4) is 0 Å². The van der Waals surface area contributed by atoms with Crippen LogP contribution in [0.25, 0.3) is 0 Å². The molecule has 1 heteroatoms. The number of hydrogen-bond acceptors (Lipinski definition) is 1. The first kappa shape index (κ1) is 14.6. The van der Waals surface area contributed by atoms with Gasteiger partial charge in [-0.25, -0.2) is 0 Å². The van der Waals surface area contributed by atoms with Gasteiger partial charge in [0.2, 0.25) is 0 Å². The Balaban J connectivity index is 4.49. The average molecular weight is 217 g/mol. The number of aliphatic imine (C=N–C) groups is 1. The molecule has 0 aliphatic heterocycles. The number of nitrogens with zero attached hydrogens (tertiary/aromatic N) is 1. The molecule has 0 saturated heterocycles. The third-order valence-electron chi connectivity index (χ3n) is 2.15. The fourth-order valence-corrected chi connectivity index (χ4v) is 1.27. The highest BCUT2D eigenvalue weighted by Crippen LogP contribution is 2.11. The predicted octanol–water partition coefficient (Wildman–Crippen LogP) is 4.35. The van der Waals surface area contributed by atoms with Crippen LogP contribution in [0.2, 0.25) is 0 Å². The monoisotopic (exact) mass is 217 g/mol. The molecule has 88 valence electrons. The fourth-order valence-electron chi connectivity index (χ4n) is 1.27. The van der Waals surface area contributed by atoms with E-state index in [1.807, 2.05) is 25.3 Å². The van der Waals surface area contributed by atoms with E-state index in [1.165, 1.54) is 5.57 Å². The van der Waals surface area contributed by atoms with Crippen molar-refractivity contribution in [2.75, 3.05) is 6.54 Å². The normalized spacial score (nSPS) is 15.3. The molecule has 0 spiro atoms. The summed E-state index contributed by atoms with van der Waals surface area (Å²) in [4.78, 5) is 4.29. The second kappa shape index (κ2) is 10.2. The molecule has 0 N–H and O–H groups in total. The van der Waals surface area contributed by atoms with E-state index >= 15 is 0 Å². The Morgan fingerprint density at radius 1 is 1.25 bits per heavy atom. The Labute approximate surface area is 100.0 Å². The molecule has 0 heterocycles. The topological polar surface area (TPSA) is 12.4 Å². The maximum atomic E-state index is 4.29. The van der Waals surface area contributed by atoms with Gasteiger partial charge >= 0.3 is 0 Å². The minimum absolute atomic E-state index is 0.407. The summed E-state index contributed by atoms with van der Waals surface area (Å²) in [5.74, 6) is 0.407. The molecule has 1 atom stereocenters. The summed E-state index contributed by atoms with van der Waals surface area (Å²) in [6.07, 6.45) is 15.2. The zero-order valence-electron chi connectivity index (χ0n) is 10.7. The summed E-state index contributed by atoms with van der Waals surface area (Å²) in [6, 6.07) is 0. The van der Waals surface area contributed by atoms with Crippen molar-refractivity contribution >= 4 is 6.21 Å². The summed E-state index contributed by atoms with van der Waals surface area (Å²) in [6.45, 7) is 10.8. The van der Waals surface area contributed by atoms with Crippen molar-refractivity contribution in [1.82, 2.24) is 0 Å². The maximum Gasteiger partial charge on any atom is 0.0361 e. The zero-order valence-corrected chi connectivity index (χ0v) is 10.7. The average Bonchev–Trinajstić information content (AvgIpc) is 2.29. The van der Waals surface area contributed by atoms with Gasteiger partial charge in [0, 0.05) is 18.7 Å². The van der Waals surface area contributed by atoms with Crippen LogP contribution in [0.1, 0.15) is 27.2 Å². The molecular weight excluding hydrogens is 194 g/mol. The van der Waals surface area contributed by atoms with E-state index in [4.69, 9.17) is 0 Å². The third-order valence-corrected chi connectivity index (χ3v) is 2.15. The molecule has 0 aromatic heterocycles. The Morgan fingerprint density at radius 3 is 2.56 bits per heavy atom. The first-order valence-electron chi connectivity index (χ1n) is 5.92. The molecule has 0 aliphatic carbocycles. The molecule has 0 amide bonds. The van der Waals surface area contributed by atoms with Crippen LogP contribution in [0.3, 0.4) is 0 Å². The van der Waals surface area contributed by atoms with Crippen molar-refractivity contribution in [2.45, 2.75) is 27.2 Å². The van der Waals surface area contributed by atoms with Crippen LogP contribution >= 0.6 is 0 Å². The summed E-state index contributed by atoms with van der Waals surface area (Å²) >= 11 is 0. The molecule has 0 radical (unpaired) electrons. The maximum absolute atomic E-state index is 4.29. The molecule has 1 nitrogen and oxygen atoms in total. The molecule has 0 aromatic rings. The van der Waals surface area contributed by atoms with Gasteiger partial charge in [-0.2, -0.15) is 0 Å². The summed E-state index contributed by atoms with van der Waals surface area (Å²) in [5, 5.41) is 0. The molecule has 0 aliphatic rings. The molecule has 0 aromatic carbocycles. The van der Waals surface area contributed by atoms with E-state index in [2.05, 4.69) is 43.6 Å². The molecular formula is C15H23N. The lowest BCUT2D eigenvalue weighted by Crippen LogP contribution is -1.97. The van der Waals surface area contributed by atoms with Crippen LogP contribution in [0.15, 0.2) is 53.6 Å². The van der Waals surface area contributed by atoms with Crippen molar-refractivity contribution in [1.29, 1.82) is 0 Å². The first-order valence-corrected chi connectivity index (χ1v) is 5.92. The van der Waals surface area contributed by atoms with E-state index in [0.29, 0.717) is 5.92 Å². The third kappa shape index (κ3) is 6.99. The van der Waals surface area contributed by atoms with Crippen molar-refractivity contribution in [3.63, 3.8) is 0 Å². The van der Waals surface area contributed by atoms with E-state index in [-0.39, 0.29) is 0 Å². The molecule has 1 unspecified atom stereocenters. The van der Waals surface area contributed by atoms with Gasteiger partial charge < -0.3 is 0 Å². The van der Waals surface area contributed by atoms with Gasteiger partial charge in [-0.3, -0.25) is 4.99 Å². The van der Waals surface area contributed by atoms with Gasteiger partial charge in [0.25, 0.3) is 0 Å². The van der Waals surface area contributed by atoms with E-state index in [1.54, 1.807) is 6.08 Å². The number of rotatable bonds is 7. The van der Waals surface area contributed by atoms with E-state index < -0.39 is 0 Å². The minimum atomic E-state index is 0.407. The highest BCUT2D eigenvalue weighted by Gasteiger charge is 2.00. The number of hydrogen-bond donors (Lipinski definition) is 0. The zero-order chi connectivity index (χ0) is 12.2. The first-order chi connectivity index (χ1) is 7.76. The fraction of sp³-hybridized carbons (Fsp3) is 0.400. The Kier molecular flexibility index (Phi) is 9.29. The summed E-state index contributed by atoms with van der Waals surface area (Å²) in [7, 11) is 0. The molecule has 0 rings (SSSR count). The van der Waals surface area contributed by atoms with Crippen LogP contribution in [0.4, 0.5) is 0 Å². The van der Waals surface area contributed by atoms with Gasteiger partial charge in [0.1, 0.15) is 0 Å². The Hall–Kier alpha value is -1.37. The number of allylic oxidation sites excluding steroid dienone is 7.